The van der Waals surface area contributed by atoms with E-state index in [1.54, 1.807) is 0 Å². The molecule has 1 nitrogen and oxygen atoms in total. The summed E-state index contributed by atoms with van der Waals surface area (Å²) in [6, 6.07) is 16.0. The van der Waals surface area contributed by atoms with Gasteiger partial charge in [-0.25, -0.2) is 0 Å². The summed E-state index contributed by atoms with van der Waals surface area (Å²) in [5.74, 6) is 7.10. The maximum absolute atomic E-state index is 5.76. The molecule has 0 saturated carbocycles. The van der Waals surface area contributed by atoms with Gasteiger partial charge in [0, 0.05) is 5.56 Å². The Bertz CT molecular complexity index is 594. The van der Waals surface area contributed by atoms with Gasteiger partial charge in [-0.1, -0.05) is 42.2 Å². The minimum atomic E-state index is 0.353. The van der Waals surface area contributed by atoms with E-state index >= 15 is 0 Å². The van der Waals surface area contributed by atoms with E-state index in [9.17, 15) is 0 Å². The van der Waals surface area contributed by atoms with E-state index in [0.29, 0.717) is 12.5 Å². The van der Waals surface area contributed by atoms with Gasteiger partial charge in [-0.05, 0) is 36.2 Å². The summed E-state index contributed by atoms with van der Waals surface area (Å²) in [4.78, 5) is 0. The molecule has 2 heteroatoms. The molecular formula is C17H15ClO. The highest BCUT2D eigenvalue weighted by atomic mass is 35.5. The van der Waals surface area contributed by atoms with Gasteiger partial charge in [0.15, 0.2) is 0 Å². The average Bonchev–Trinajstić information content (AvgIpc) is 2.45. The topological polar surface area (TPSA) is 9.23 Å². The zero-order valence-electron chi connectivity index (χ0n) is 10.8. The average molecular weight is 271 g/mol. The maximum atomic E-state index is 5.76. The highest BCUT2D eigenvalue weighted by Gasteiger charge is 1.99. The molecule has 0 saturated heterocycles. The van der Waals surface area contributed by atoms with Crippen molar-refractivity contribution in [1.29, 1.82) is 0 Å². The number of rotatable bonds is 3. The Labute approximate surface area is 119 Å². The highest BCUT2D eigenvalue weighted by Crippen LogP contribution is 2.18. The van der Waals surface area contributed by atoms with Crippen molar-refractivity contribution in [3.05, 3.63) is 65.2 Å². The summed E-state index contributed by atoms with van der Waals surface area (Å²) in [7, 11) is 0. The Balaban J connectivity index is 2.04. The molecule has 0 unspecified atom stereocenters. The normalized spacial score (nSPS) is 9.58. The molecule has 19 heavy (non-hydrogen) atoms. The number of halogens is 1. The van der Waals surface area contributed by atoms with Crippen molar-refractivity contribution in [2.24, 2.45) is 0 Å². The fourth-order valence-corrected chi connectivity index (χ4v) is 1.80. The second-order valence-electron chi connectivity index (χ2n) is 4.19. The second kappa shape index (κ2) is 6.87. The van der Waals surface area contributed by atoms with E-state index in [1.165, 1.54) is 0 Å². The van der Waals surface area contributed by atoms with Crippen molar-refractivity contribution in [1.82, 2.24) is 0 Å². The lowest BCUT2D eigenvalue weighted by atomic mass is 10.1. The third kappa shape index (κ3) is 4.05. The summed E-state index contributed by atoms with van der Waals surface area (Å²) in [6.07, 6.45) is 0. The predicted octanol–water partition coefficient (Wildman–Crippen LogP) is 4.16. The molecule has 0 aliphatic rings. The molecule has 2 rings (SSSR count). The second-order valence-corrected chi connectivity index (χ2v) is 4.45. The minimum Gasteiger partial charge on any atom is -0.489 e. The number of aryl methyl sites for hydroxylation is 1. The van der Waals surface area contributed by atoms with Gasteiger partial charge in [0.1, 0.15) is 12.4 Å². The first-order chi connectivity index (χ1) is 9.29. The van der Waals surface area contributed by atoms with Crippen molar-refractivity contribution >= 4 is 11.6 Å². The van der Waals surface area contributed by atoms with Crippen molar-refractivity contribution in [2.75, 3.05) is 5.88 Å². The molecular weight excluding hydrogens is 256 g/mol. The quantitative estimate of drug-likeness (QED) is 0.601. The molecule has 0 radical (unpaired) electrons. The smallest absolute Gasteiger partial charge is 0.120 e. The van der Waals surface area contributed by atoms with Gasteiger partial charge < -0.3 is 4.74 Å². The van der Waals surface area contributed by atoms with Crippen molar-refractivity contribution in [2.45, 2.75) is 13.5 Å². The van der Waals surface area contributed by atoms with E-state index in [0.717, 1.165) is 22.4 Å². The van der Waals surface area contributed by atoms with Crippen molar-refractivity contribution in [3.8, 4) is 17.6 Å². The summed E-state index contributed by atoms with van der Waals surface area (Å²) in [5.41, 5.74) is 3.25. The number of hydrogen-bond acceptors (Lipinski definition) is 1. The molecule has 0 heterocycles. The number of alkyl halides is 1. The van der Waals surface area contributed by atoms with Gasteiger partial charge in [0.05, 0.1) is 5.88 Å². The molecule has 0 aromatic heterocycles. The summed E-state index contributed by atoms with van der Waals surface area (Å²) in [6.45, 7) is 2.60. The van der Waals surface area contributed by atoms with E-state index in [2.05, 4.69) is 11.8 Å². The van der Waals surface area contributed by atoms with Crippen LogP contribution in [0.4, 0.5) is 0 Å². The van der Waals surface area contributed by atoms with Crippen LogP contribution < -0.4 is 4.74 Å². The number of ether oxygens (including phenoxy) is 1. The van der Waals surface area contributed by atoms with Crippen LogP contribution >= 0.6 is 11.6 Å². The number of hydrogen-bond donors (Lipinski definition) is 0. The Morgan fingerprint density at radius 3 is 2.58 bits per heavy atom. The molecule has 0 fully saturated rings. The fourth-order valence-electron chi connectivity index (χ4n) is 1.74. The lowest BCUT2D eigenvalue weighted by Gasteiger charge is -2.08. The Kier molecular flexibility index (Phi) is 4.89. The van der Waals surface area contributed by atoms with E-state index in [1.807, 2.05) is 55.5 Å². The summed E-state index contributed by atoms with van der Waals surface area (Å²) < 4.78 is 5.76. The first-order valence-electron chi connectivity index (χ1n) is 6.12. The number of benzene rings is 2. The molecule has 0 aliphatic heterocycles. The van der Waals surface area contributed by atoms with Gasteiger partial charge in [-0.15, -0.1) is 11.6 Å². The molecule has 96 valence electrons. The third-order valence-corrected chi connectivity index (χ3v) is 2.87. The molecule has 2 aromatic rings. The van der Waals surface area contributed by atoms with Crippen LogP contribution in [-0.2, 0) is 6.61 Å². The van der Waals surface area contributed by atoms with Gasteiger partial charge in [0.25, 0.3) is 0 Å². The van der Waals surface area contributed by atoms with Crippen LogP contribution in [0.25, 0.3) is 0 Å². The summed E-state index contributed by atoms with van der Waals surface area (Å²) in [5, 5.41) is 0. The van der Waals surface area contributed by atoms with Gasteiger partial charge >= 0.3 is 0 Å². The highest BCUT2D eigenvalue weighted by molar-refractivity contribution is 6.19. The summed E-state index contributed by atoms with van der Waals surface area (Å²) >= 11 is 5.55. The van der Waals surface area contributed by atoms with Gasteiger partial charge in [-0.2, -0.15) is 0 Å². The van der Waals surface area contributed by atoms with Crippen molar-refractivity contribution in [3.63, 3.8) is 0 Å². The standard InChI is InChI=1S/C17H15ClO/c1-14-12-17(10-9-16(14)8-5-11-18)19-13-15-6-3-2-4-7-15/h2-4,6-7,9-10,12H,11,13H2,1H3. The van der Waals surface area contributed by atoms with E-state index < -0.39 is 0 Å². The Morgan fingerprint density at radius 1 is 1.11 bits per heavy atom. The SMILES string of the molecule is Cc1cc(OCc2ccccc2)ccc1C#CCCl. The molecule has 0 amide bonds. The van der Waals surface area contributed by atoms with Crippen molar-refractivity contribution < 1.29 is 4.74 Å². The van der Waals surface area contributed by atoms with Crippen LogP contribution in [0.2, 0.25) is 0 Å². The van der Waals surface area contributed by atoms with Crippen LogP contribution in [0.1, 0.15) is 16.7 Å². The van der Waals surface area contributed by atoms with Gasteiger partial charge in [-0.3, -0.25) is 0 Å². The molecule has 0 atom stereocenters. The first-order valence-corrected chi connectivity index (χ1v) is 6.65. The molecule has 0 spiro atoms. The van der Waals surface area contributed by atoms with Gasteiger partial charge in [0.2, 0.25) is 0 Å². The van der Waals surface area contributed by atoms with E-state index in [-0.39, 0.29) is 0 Å². The Hall–Kier alpha value is -1.91. The molecule has 2 aromatic carbocycles. The minimum absolute atomic E-state index is 0.353. The first kappa shape index (κ1) is 13.5. The van der Waals surface area contributed by atoms with Crippen LogP contribution in [-0.4, -0.2) is 5.88 Å². The Morgan fingerprint density at radius 2 is 1.89 bits per heavy atom. The maximum Gasteiger partial charge on any atom is 0.120 e. The van der Waals surface area contributed by atoms with E-state index in [4.69, 9.17) is 16.3 Å². The van der Waals surface area contributed by atoms with Crippen LogP contribution in [0.3, 0.4) is 0 Å². The largest absolute Gasteiger partial charge is 0.489 e. The molecule has 0 bridgehead atoms. The lowest BCUT2D eigenvalue weighted by Crippen LogP contribution is -1.95. The lowest BCUT2D eigenvalue weighted by molar-refractivity contribution is 0.306. The molecule has 0 N–H and O–H groups in total. The zero-order valence-corrected chi connectivity index (χ0v) is 11.6. The zero-order chi connectivity index (χ0) is 13.5. The van der Waals surface area contributed by atoms with Crippen LogP contribution in [0.5, 0.6) is 5.75 Å². The fraction of sp³-hybridized carbons (Fsp3) is 0.176. The third-order valence-electron chi connectivity index (χ3n) is 2.74. The van der Waals surface area contributed by atoms with Crippen LogP contribution in [0, 0.1) is 18.8 Å². The predicted molar refractivity (Wildman–Crippen MR) is 79.6 cm³/mol. The molecule has 0 aliphatic carbocycles. The van der Waals surface area contributed by atoms with Crippen LogP contribution in [0.15, 0.2) is 48.5 Å². The monoisotopic (exact) mass is 270 g/mol.